The number of Topliss-reactive ketones (excluding diaryl/α,β-unsaturated/α-hetero) is 2. The Morgan fingerprint density at radius 1 is 1.30 bits per heavy atom. The van der Waals surface area contributed by atoms with Gasteiger partial charge >= 0.3 is 0 Å². The number of nitriles is 1. The number of hydrogen-bond acceptors (Lipinski definition) is 4. The Bertz CT molecular complexity index is 800. The molecule has 0 bridgehead atoms. The van der Waals surface area contributed by atoms with Gasteiger partial charge in [0.15, 0.2) is 17.5 Å². The van der Waals surface area contributed by atoms with Crippen molar-refractivity contribution in [3.8, 4) is 6.07 Å². The standard InChI is InChI=1S/C18H14ClNO3/c1-10-6-7-23-18(10)17(22)15(9-20)16(21)14-8-13(14)11-2-4-12(19)5-3-11/h2-7,13-15H,8H2,1H3/t13-,14-,15+/m0/s1. The number of aryl methyl sites for hydroxylation is 1. The lowest BCUT2D eigenvalue weighted by Gasteiger charge is -2.06. The number of benzene rings is 1. The Hall–Kier alpha value is -2.38. The number of hydrogen-bond donors (Lipinski definition) is 0. The molecule has 0 N–H and O–H groups in total. The third-order valence-corrected chi connectivity index (χ3v) is 4.47. The number of halogens is 1. The molecule has 1 fully saturated rings. The van der Waals surface area contributed by atoms with Crippen molar-refractivity contribution in [3.05, 3.63) is 58.5 Å². The first-order valence-electron chi connectivity index (χ1n) is 7.30. The average Bonchev–Trinajstić information content (AvgIpc) is 3.22. The van der Waals surface area contributed by atoms with Crippen molar-refractivity contribution in [3.63, 3.8) is 0 Å². The molecule has 0 saturated heterocycles. The van der Waals surface area contributed by atoms with E-state index in [0.29, 0.717) is 17.0 Å². The van der Waals surface area contributed by atoms with Crippen molar-refractivity contribution in [2.45, 2.75) is 19.3 Å². The largest absolute Gasteiger partial charge is 0.461 e. The Kier molecular flexibility index (Phi) is 4.06. The van der Waals surface area contributed by atoms with E-state index in [1.807, 2.05) is 18.2 Å². The normalized spacial score (nSPS) is 20.6. The molecule has 0 radical (unpaired) electrons. The zero-order valence-corrected chi connectivity index (χ0v) is 13.2. The van der Waals surface area contributed by atoms with Gasteiger partial charge in [-0.3, -0.25) is 9.59 Å². The molecule has 1 saturated carbocycles. The summed E-state index contributed by atoms with van der Waals surface area (Å²) in [5.41, 5.74) is 1.64. The van der Waals surface area contributed by atoms with Gasteiger partial charge in [0.1, 0.15) is 0 Å². The Morgan fingerprint density at radius 2 is 2.00 bits per heavy atom. The maximum atomic E-state index is 12.5. The first-order chi connectivity index (χ1) is 11.0. The van der Waals surface area contributed by atoms with Crippen LogP contribution < -0.4 is 0 Å². The summed E-state index contributed by atoms with van der Waals surface area (Å²) in [6.07, 6.45) is 2.04. The fraction of sp³-hybridized carbons (Fsp3) is 0.278. The van der Waals surface area contributed by atoms with Crippen LogP contribution in [-0.2, 0) is 4.79 Å². The number of carbonyl (C=O) groups is 2. The van der Waals surface area contributed by atoms with Crippen molar-refractivity contribution >= 4 is 23.2 Å². The molecule has 0 aliphatic heterocycles. The van der Waals surface area contributed by atoms with Gasteiger partial charge in [-0.1, -0.05) is 23.7 Å². The summed E-state index contributed by atoms with van der Waals surface area (Å²) < 4.78 is 5.12. The van der Waals surface area contributed by atoms with Gasteiger partial charge in [-0.25, -0.2) is 0 Å². The Balaban J connectivity index is 1.75. The van der Waals surface area contributed by atoms with Crippen LogP contribution in [0.5, 0.6) is 0 Å². The van der Waals surface area contributed by atoms with Crippen LogP contribution >= 0.6 is 11.6 Å². The first kappa shape index (κ1) is 15.5. The Labute approximate surface area is 138 Å². The van der Waals surface area contributed by atoms with Crippen molar-refractivity contribution in [2.75, 3.05) is 0 Å². The lowest BCUT2D eigenvalue weighted by molar-refractivity contribution is -0.121. The zero-order chi connectivity index (χ0) is 16.6. The van der Waals surface area contributed by atoms with Gasteiger partial charge in [-0.2, -0.15) is 5.26 Å². The van der Waals surface area contributed by atoms with E-state index in [4.69, 9.17) is 16.0 Å². The molecule has 1 heterocycles. The van der Waals surface area contributed by atoms with E-state index in [2.05, 4.69) is 0 Å². The number of furan rings is 1. The molecule has 0 unspecified atom stereocenters. The fourth-order valence-electron chi connectivity index (χ4n) is 2.81. The molecule has 2 aromatic rings. The first-order valence-corrected chi connectivity index (χ1v) is 7.68. The minimum absolute atomic E-state index is 0.0566. The van der Waals surface area contributed by atoms with Gasteiger partial charge in [-0.15, -0.1) is 0 Å². The van der Waals surface area contributed by atoms with Crippen molar-refractivity contribution in [2.24, 2.45) is 11.8 Å². The van der Waals surface area contributed by atoms with Crippen LogP contribution in [0.15, 0.2) is 41.0 Å². The highest BCUT2D eigenvalue weighted by Gasteiger charge is 2.48. The van der Waals surface area contributed by atoms with E-state index in [9.17, 15) is 14.9 Å². The summed E-state index contributed by atoms with van der Waals surface area (Å²) >= 11 is 5.86. The molecule has 1 aromatic heterocycles. The fourth-order valence-corrected chi connectivity index (χ4v) is 2.94. The molecule has 0 spiro atoms. The lowest BCUT2D eigenvalue weighted by Crippen LogP contribution is -2.24. The minimum Gasteiger partial charge on any atom is -0.461 e. The number of ketones is 2. The molecule has 3 atom stereocenters. The van der Waals surface area contributed by atoms with Crippen LogP contribution in [0.2, 0.25) is 5.02 Å². The predicted molar refractivity (Wildman–Crippen MR) is 84.2 cm³/mol. The van der Waals surface area contributed by atoms with Crippen LogP contribution in [0, 0.1) is 30.1 Å². The van der Waals surface area contributed by atoms with E-state index >= 15 is 0 Å². The maximum absolute atomic E-state index is 12.5. The van der Waals surface area contributed by atoms with Crippen LogP contribution in [-0.4, -0.2) is 11.6 Å². The summed E-state index contributed by atoms with van der Waals surface area (Å²) in [6.45, 7) is 1.71. The van der Waals surface area contributed by atoms with Gasteiger partial charge in [-0.05, 0) is 48.6 Å². The smallest absolute Gasteiger partial charge is 0.222 e. The van der Waals surface area contributed by atoms with Gasteiger partial charge in [0.2, 0.25) is 5.78 Å². The summed E-state index contributed by atoms with van der Waals surface area (Å²) in [6, 6.07) is 10.8. The second kappa shape index (κ2) is 6.02. The number of carbonyl (C=O) groups excluding carboxylic acids is 2. The van der Waals surface area contributed by atoms with E-state index in [1.54, 1.807) is 25.1 Å². The maximum Gasteiger partial charge on any atom is 0.222 e. The van der Waals surface area contributed by atoms with Crippen LogP contribution in [0.3, 0.4) is 0 Å². The summed E-state index contributed by atoms with van der Waals surface area (Å²) in [4.78, 5) is 24.9. The van der Waals surface area contributed by atoms with Gasteiger partial charge in [0.05, 0.1) is 12.3 Å². The van der Waals surface area contributed by atoms with Crippen LogP contribution in [0.1, 0.15) is 34.0 Å². The monoisotopic (exact) mass is 327 g/mol. The topological polar surface area (TPSA) is 71.1 Å². The zero-order valence-electron chi connectivity index (χ0n) is 12.5. The Morgan fingerprint density at radius 3 is 2.57 bits per heavy atom. The van der Waals surface area contributed by atoms with E-state index < -0.39 is 11.7 Å². The van der Waals surface area contributed by atoms with E-state index in [-0.39, 0.29) is 23.4 Å². The molecule has 1 aromatic carbocycles. The van der Waals surface area contributed by atoms with E-state index in [1.165, 1.54) is 6.26 Å². The van der Waals surface area contributed by atoms with Crippen LogP contribution in [0.25, 0.3) is 0 Å². The van der Waals surface area contributed by atoms with Crippen LogP contribution in [0.4, 0.5) is 0 Å². The quantitative estimate of drug-likeness (QED) is 0.616. The molecule has 1 aliphatic rings. The van der Waals surface area contributed by atoms with Gasteiger partial charge in [0.25, 0.3) is 0 Å². The summed E-state index contributed by atoms with van der Waals surface area (Å²) in [5.74, 6) is -2.33. The highest BCUT2D eigenvalue weighted by Crippen LogP contribution is 2.49. The lowest BCUT2D eigenvalue weighted by atomic mass is 9.93. The molecule has 1 aliphatic carbocycles. The van der Waals surface area contributed by atoms with Gasteiger partial charge < -0.3 is 4.42 Å². The minimum atomic E-state index is -1.30. The van der Waals surface area contributed by atoms with Crippen molar-refractivity contribution < 1.29 is 14.0 Å². The van der Waals surface area contributed by atoms with E-state index in [0.717, 1.165) is 5.56 Å². The van der Waals surface area contributed by atoms with Crippen molar-refractivity contribution in [1.29, 1.82) is 5.26 Å². The molecule has 23 heavy (non-hydrogen) atoms. The molecule has 4 nitrogen and oxygen atoms in total. The molecule has 0 amide bonds. The summed E-state index contributed by atoms with van der Waals surface area (Å²) in [5, 5.41) is 9.91. The second-order valence-electron chi connectivity index (χ2n) is 5.76. The predicted octanol–water partition coefficient (Wildman–Crippen LogP) is 3.94. The molecule has 5 heteroatoms. The molecular formula is C18H14ClNO3. The highest BCUT2D eigenvalue weighted by molar-refractivity contribution is 6.30. The third-order valence-electron chi connectivity index (χ3n) is 4.22. The highest BCUT2D eigenvalue weighted by atomic mass is 35.5. The SMILES string of the molecule is Cc1ccoc1C(=O)[C@H](C#N)C(=O)[C@H]1C[C@H]1c1ccc(Cl)cc1. The van der Waals surface area contributed by atoms with Gasteiger partial charge in [0, 0.05) is 10.9 Å². The van der Waals surface area contributed by atoms with Crippen molar-refractivity contribution in [1.82, 2.24) is 0 Å². The molecular weight excluding hydrogens is 314 g/mol. The number of nitrogens with zero attached hydrogens (tertiary/aromatic N) is 1. The molecule has 116 valence electrons. The molecule has 3 rings (SSSR count). The average molecular weight is 328 g/mol. The summed E-state index contributed by atoms with van der Waals surface area (Å²) in [7, 11) is 0. The second-order valence-corrected chi connectivity index (χ2v) is 6.20. The third kappa shape index (κ3) is 2.93. The number of rotatable bonds is 5.